The lowest BCUT2D eigenvalue weighted by Crippen LogP contribution is -2.33. The Balaban J connectivity index is 2.04. The van der Waals surface area contributed by atoms with E-state index >= 15 is 0 Å². The first-order valence-corrected chi connectivity index (χ1v) is 10.8. The zero-order valence-electron chi connectivity index (χ0n) is 18.8. The molecule has 1 amide bonds. The molecule has 4 N–H and O–H groups in total. The molecule has 12 heteroatoms. The molecule has 1 heterocycles. The van der Waals surface area contributed by atoms with Gasteiger partial charge in [-0.15, -0.1) is 0 Å². The lowest BCUT2D eigenvalue weighted by molar-refractivity contribution is -0.117. The van der Waals surface area contributed by atoms with Gasteiger partial charge in [0.1, 0.15) is 29.3 Å². The normalized spacial score (nSPS) is 13.4. The van der Waals surface area contributed by atoms with Crippen molar-refractivity contribution >= 4 is 11.6 Å². The fourth-order valence-electron chi connectivity index (χ4n) is 3.76. The number of nitrogens with zero attached hydrogens (tertiary/aromatic N) is 4. The summed E-state index contributed by atoms with van der Waals surface area (Å²) in [5, 5.41) is 15.2. The van der Waals surface area contributed by atoms with Gasteiger partial charge in [0.15, 0.2) is 0 Å². The van der Waals surface area contributed by atoms with E-state index in [-0.39, 0.29) is 41.8 Å². The molecule has 2 aromatic carbocycles. The van der Waals surface area contributed by atoms with Crippen LogP contribution in [0.1, 0.15) is 29.0 Å². The number of nitrogens with one attached hydrogen (secondary N) is 1. The van der Waals surface area contributed by atoms with Crippen molar-refractivity contribution in [2.24, 2.45) is 10.8 Å². The molecule has 3 rings (SSSR count). The summed E-state index contributed by atoms with van der Waals surface area (Å²) in [4.78, 5) is 19.8. The summed E-state index contributed by atoms with van der Waals surface area (Å²) in [6.45, 7) is -0.323. The lowest BCUT2D eigenvalue weighted by atomic mass is 9.84. The molecule has 3 aromatic rings. The molecule has 0 saturated heterocycles. The van der Waals surface area contributed by atoms with Crippen molar-refractivity contribution in [1.82, 2.24) is 4.98 Å². The highest BCUT2D eigenvalue weighted by Gasteiger charge is 2.32. The zero-order chi connectivity index (χ0) is 26.2. The van der Waals surface area contributed by atoms with Crippen LogP contribution in [0.3, 0.4) is 0 Å². The number of anilines is 1. The lowest BCUT2D eigenvalue weighted by Gasteiger charge is -2.25. The van der Waals surface area contributed by atoms with Gasteiger partial charge in [0, 0.05) is 28.5 Å². The molecular weight excluding hydrogens is 480 g/mol. The SMILES string of the molecule is [N-]=[N+]=N[C@H](C(=O)Nc1cncc(F)c1CC[C@H](N)CO)[C@@H](c1ccc(F)cc1)c1cc(F)cc(F)c1. The molecule has 0 aliphatic carbocycles. The Morgan fingerprint density at radius 3 is 2.33 bits per heavy atom. The number of carbonyl (C=O) groups is 1. The number of nitrogens with two attached hydrogens (primary N) is 1. The van der Waals surface area contributed by atoms with Crippen molar-refractivity contribution in [3.05, 3.63) is 105 Å². The van der Waals surface area contributed by atoms with Gasteiger partial charge in [0.2, 0.25) is 5.91 Å². The molecule has 36 heavy (non-hydrogen) atoms. The number of carbonyl (C=O) groups excluding carboxylic acids is 1. The van der Waals surface area contributed by atoms with E-state index in [4.69, 9.17) is 10.8 Å². The van der Waals surface area contributed by atoms with E-state index in [1.807, 2.05) is 0 Å². The first-order chi connectivity index (χ1) is 17.2. The zero-order valence-corrected chi connectivity index (χ0v) is 18.8. The predicted molar refractivity (Wildman–Crippen MR) is 124 cm³/mol. The van der Waals surface area contributed by atoms with Crippen molar-refractivity contribution < 1.29 is 27.5 Å². The van der Waals surface area contributed by atoms with Crippen LogP contribution in [-0.4, -0.2) is 34.7 Å². The highest BCUT2D eigenvalue weighted by Crippen LogP contribution is 2.33. The minimum absolute atomic E-state index is 0.0356. The quantitative estimate of drug-likeness (QED) is 0.164. The van der Waals surface area contributed by atoms with Gasteiger partial charge >= 0.3 is 0 Å². The number of rotatable bonds is 10. The molecule has 0 bridgehead atoms. The van der Waals surface area contributed by atoms with Crippen LogP contribution in [0.25, 0.3) is 10.4 Å². The van der Waals surface area contributed by atoms with Crippen LogP contribution >= 0.6 is 0 Å². The maximum atomic E-state index is 14.5. The molecule has 0 aliphatic rings. The molecule has 0 spiro atoms. The number of pyridine rings is 1. The Bertz CT molecular complexity index is 1250. The first-order valence-electron chi connectivity index (χ1n) is 10.8. The molecule has 0 aliphatic heterocycles. The van der Waals surface area contributed by atoms with E-state index in [0.29, 0.717) is 6.07 Å². The van der Waals surface area contributed by atoms with E-state index in [0.717, 1.165) is 30.5 Å². The highest BCUT2D eigenvalue weighted by atomic mass is 19.1. The van der Waals surface area contributed by atoms with E-state index in [1.54, 1.807) is 0 Å². The van der Waals surface area contributed by atoms with Crippen molar-refractivity contribution in [3.63, 3.8) is 0 Å². The van der Waals surface area contributed by atoms with Gasteiger partial charge < -0.3 is 16.2 Å². The average Bonchev–Trinajstić information content (AvgIpc) is 2.83. The van der Waals surface area contributed by atoms with E-state index in [2.05, 4.69) is 20.3 Å². The predicted octanol–water partition coefficient (Wildman–Crippen LogP) is 4.34. The smallest absolute Gasteiger partial charge is 0.234 e. The second kappa shape index (κ2) is 12.1. The minimum atomic E-state index is -1.61. The number of azide groups is 1. The van der Waals surface area contributed by atoms with Crippen LogP contribution in [0.15, 0.2) is 60.0 Å². The van der Waals surface area contributed by atoms with Crippen LogP contribution in [0.5, 0.6) is 0 Å². The van der Waals surface area contributed by atoms with Crippen LogP contribution in [0.2, 0.25) is 0 Å². The number of aromatic nitrogens is 1. The molecule has 1 aromatic heterocycles. The van der Waals surface area contributed by atoms with E-state index in [1.165, 1.54) is 18.3 Å². The third kappa shape index (κ3) is 6.57. The summed E-state index contributed by atoms with van der Waals surface area (Å²) < 4.78 is 56.2. The summed E-state index contributed by atoms with van der Waals surface area (Å²) in [5.74, 6) is -5.35. The monoisotopic (exact) mass is 502 g/mol. The minimum Gasteiger partial charge on any atom is -0.395 e. The summed E-state index contributed by atoms with van der Waals surface area (Å²) in [6, 6.07) is 5.09. The number of aliphatic hydroxyl groups is 1. The van der Waals surface area contributed by atoms with Gasteiger partial charge in [0.25, 0.3) is 0 Å². The number of hydrogen-bond donors (Lipinski definition) is 3. The Morgan fingerprint density at radius 1 is 1.06 bits per heavy atom. The largest absolute Gasteiger partial charge is 0.395 e. The molecule has 8 nitrogen and oxygen atoms in total. The summed E-state index contributed by atoms with van der Waals surface area (Å²) in [5.41, 5.74) is 15.1. The highest BCUT2D eigenvalue weighted by molar-refractivity contribution is 5.96. The number of halogens is 4. The number of amides is 1. The summed E-state index contributed by atoms with van der Waals surface area (Å²) in [6.07, 6.45) is 2.37. The van der Waals surface area contributed by atoms with Crippen LogP contribution in [0.4, 0.5) is 23.2 Å². The van der Waals surface area contributed by atoms with Crippen LogP contribution in [-0.2, 0) is 11.2 Å². The fraction of sp³-hybridized carbons (Fsp3) is 0.250. The fourth-order valence-corrected chi connectivity index (χ4v) is 3.76. The maximum absolute atomic E-state index is 14.5. The topological polar surface area (TPSA) is 137 Å². The molecule has 0 fully saturated rings. The third-order valence-electron chi connectivity index (χ3n) is 5.50. The van der Waals surface area contributed by atoms with Gasteiger partial charge in [-0.25, -0.2) is 17.6 Å². The average molecular weight is 502 g/mol. The molecule has 0 radical (unpaired) electrons. The maximum Gasteiger partial charge on any atom is 0.234 e. The first kappa shape index (κ1) is 26.6. The summed E-state index contributed by atoms with van der Waals surface area (Å²) >= 11 is 0. The van der Waals surface area contributed by atoms with Gasteiger partial charge in [-0.1, -0.05) is 17.2 Å². The summed E-state index contributed by atoms with van der Waals surface area (Å²) in [7, 11) is 0. The van der Waals surface area contributed by atoms with Crippen molar-refractivity contribution in [3.8, 4) is 0 Å². The molecule has 188 valence electrons. The Morgan fingerprint density at radius 2 is 1.72 bits per heavy atom. The van der Waals surface area contributed by atoms with E-state index in [9.17, 15) is 27.9 Å². The second-order valence-electron chi connectivity index (χ2n) is 8.00. The Labute approximate surface area is 203 Å². The van der Waals surface area contributed by atoms with Crippen LogP contribution in [0, 0.1) is 23.3 Å². The number of benzene rings is 2. The standard InChI is InChI=1S/C24H22F4N6O2/c25-15-3-1-13(2-4-15)22(14-7-16(26)9-17(27)8-14)23(33-34-30)24(36)32-21-11-31-10-20(28)19(21)6-5-18(29)12-35/h1-4,7-11,18,22-23,35H,5-6,12,29H2,(H,32,36)/t18-,22-,23-/m0/s1. The Kier molecular flexibility index (Phi) is 8.96. The van der Waals surface area contributed by atoms with Gasteiger partial charge in [-0.2, -0.15) is 0 Å². The van der Waals surface area contributed by atoms with Crippen molar-refractivity contribution in [2.75, 3.05) is 11.9 Å². The van der Waals surface area contributed by atoms with Gasteiger partial charge in [-0.3, -0.25) is 9.78 Å². The van der Waals surface area contributed by atoms with E-state index < -0.39 is 47.2 Å². The second-order valence-corrected chi connectivity index (χ2v) is 8.00. The van der Waals surface area contributed by atoms with Gasteiger partial charge in [-0.05, 0) is 53.8 Å². The molecule has 0 unspecified atom stereocenters. The number of aliphatic hydroxyl groups excluding tert-OH is 1. The van der Waals surface area contributed by atoms with Crippen molar-refractivity contribution in [2.45, 2.75) is 30.8 Å². The number of hydrogen-bond acceptors (Lipinski definition) is 5. The molecular formula is C24H22F4N6O2. The van der Waals surface area contributed by atoms with Crippen LogP contribution < -0.4 is 11.1 Å². The molecule has 3 atom stereocenters. The Hall–Kier alpha value is -3.99. The van der Waals surface area contributed by atoms with Gasteiger partial charge in [0.05, 0.1) is 24.7 Å². The molecule has 0 saturated carbocycles. The van der Waals surface area contributed by atoms with Crippen molar-refractivity contribution in [1.29, 1.82) is 0 Å². The third-order valence-corrected chi connectivity index (χ3v) is 5.50.